The van der Waals surface area contributed by atoms with Gasteiger partial charge in [0.05, 0.1) is 12.5 Å². The van der Waals surface area contributed by atoms with Gasteiger partial charge in [-0.15, -0.1) is 11.6 Å². The molecule has 7 nitrogen and oxygen atoms in total. The Bertz CT molecular complexity index is 324. The number of amides is 2. The summed E-state index contributed by atoms with van der Waals surface area (Å²) in [5, 5.41) is 16.3. The second kappa shape index (κ2) is 9.12. The molecule has 20 heavy (non-hydrogen) atoms. The highest BCUT2D eigenvalue weighted by Gasteiger charge is 2.30. The highest BCUT2D eigenvalue weighted by atomic mass is 35.5. The van der Waals surface area contributed by atoms with Crippen LogP contribution in [0, 0.1) is 0 Å². The fraction of sp³-hybridized carbons (Fsp3) is 0.833. The van der Waals surface area contributed by atoms with Gasteiger partial charge in [0.1, 0.15) is 5.50 Å². The molecule has 2 saturated heterocycles. The van der Waals surface area contributed by atoms with E-state index in [0.29, 0.717) is 19.6 Å². The highest BCUT2D eigenvalue weighted by Crippen LogP contribution is 2.06. The van der Waals surface area contributed by atoms with Gasteiger partial charge in [-0.1, -0.05) is 0 Å². The molecule has 2 aliphatic rings. The number of aliphatic hydroxyl groups excluding tert-OH is 1. The minimum atomic E-state index is -0.506. The Hall–Kier alpha value is -0.890. The van der Waals surface area contributed by atoms with Gasteiger partial charge in [-0.2, -0.15) is 0 Å². The fourth-order valence-electron chi connectivity index (χ4n) is 2.04. The zero-order valence-electron chi connectivity index (χ0n) is 11.7. The van der Waals surface area contributed by atoms with E-state index in [1.807, 2.05) is 0 Å². The molecule has 4 N–H and O–H groups in total. The summed E-state index contributed by atoms with van der Waals surface area (Å²) in [7, 11) is 0. The van der Waals surface area contributed by atoms with E-state index in [4.69, 9.17) is 16.7 Å². The number of halogens is 1. The molecule has 2 aliphatic heterocycles. The normalized spacial score (nSPS) is 26.4. The van der Waals surface area contributed by atoms with Crippen LogP contribution in [0.25, 0.3) is 0 Å². The first kappa shape index (κ1) is 17.2. The van der Waals surface area contributed by atoms with Gasteiger partial charge in [-0.3, -0.25) is 14.9 Å². The number of carbonyl (C=O) groups is 2. The van der Waals surface area contributed by atoms with Crippen molar-refractivity contribution in [3.8, 4) is 0 Å². The number of hydrogen-bond acceptors (Lipinski definition) is 5. The van der Waals surface area contributed by atoms with Crippen LogP contribution in [-0.4, -0.2) is 72.7 Å². The molecule has 2 unspecified atom stereocenters. The molecule has 0 aromatic carbocycles. The van der Waals surface area contributed by atoms with Crippen molar-refractivity contribution in [2.45, 2.75) is 24.9 Å². The third-order valence-electron chi connectivity index (χ3n) is 3.00. The van der Waals surface area contributed by atoms with Gasteiger partial charge in [0, 0.05) is 39.3 Å². The number of hydrogen-bond donors (Lipinski definition) is 4. The Morgan fingerprint density at radius 1 is 1.45 bits per heavy atom. The molecule has 0 aromatic heterocycles. The number of carbonyl (C=O) groups excluding carboxylic acids is 2. The quantitative estimate of drug-likeness (QED) is 0.366. The largest absolute Gasteiger partial charge is 0.397 e. The molecule has 0 bridgehead atoms. The third-order valence-corrected chi connectivity index (χ3v) is 3.28. The van der Waals surface area contributed by atoms with E-state index in [1.54, 1.807) is 11.8 Å². The lowest BCUT2D eigenvalue weighted by Crippen LogP contribution is -2.58. The number of aliphatic hydroxyl groups is 1. The van der Waals surface area contributed by atoms with Crippen molar-refractivity contribution >= 4 is 23.4 Å². The van der Waals surface area contributed by atoms with E-state index in [0.717, 1.165) is 13.1 Å². The molecule has 2 amide bonds. The lowest BCUT2D eigenvalue weighted by molar-refractivity contribution is -0.136. The molecular weight excluding hydrogens is 284 g/mol. The van der Waals surface area contributed by atoms with E-state index in [1.165, 1.54) is 0 Å². The first-order valence-electron chi connectivity index (χ1n) is 6.85. The van der Waals surface area contributed by atoms with Crippen molar-refractivity contribution in [1.82, 2.24) is 20.9 Å². The standard InChI is InChI=1S/C10H17ClN4O2.C2H6O/c11-8-6-13-10(17)7(14-8)5-9(16)15-3-1-12-2-4-15;1-2-3/h7-8,12,14H,1-6H2,(H,13,17);3H,2H2,1H3. The zero-order valence-corrected chi connectivity index (χ0v) is 12.4. The minimum Gasteiger partial charge on any atom is -0.397 e. The average Bonchev–Trinajstić information content (AvgIpc) is 2.45. The molecule has 0 radical (unpaired) electrons. The van der Waals surface area contributed by atoms with Crippen molar-refractivity contribution in [3.05, 3.63) is 0 Å². The van der Waals surface area contributed by atoms with Crippen LogP contribution >= 0.6 is 11.6 Å². The predicted molar refractivity (Wildman–Crippen MR) is 76.4 cm³/mol. The molecule has 116 valence electrons. The Balaban J connectivity index is 0.000000612. The summed E-state index contributed by atoms with van der Waals surface area (Å²) in [6, 6.07) is -0.506. The number of nitrogens with one attached hydrogen (secondary N) is 3. The van der Waals surface area contributed by atoms with Crippen LogP contribution in [0.2, 0.25) is 0 Å². The molecule has 2 atom stereocenters. The van der Waals surface area contributed by atoms with Crippen molar-refractivity contribution in [1.29, 1.82) is 0 Å². The van der Waals surface area contributed by atoms with Crippen LogP contribution in [0.4, 0.5) is 0 Å². The van der Waals surface area contributed by atoms with E-state index in [-0.39, 0.29) is 30.3 Å². The van der Waals surface area contributed by atoms with Gasteiger partial charge in [0.25, 0.3) is 0 Å². The predicted octanol–water partition coefficient (Wildman–Crippen LogP) is -1.54. The van der Waals surface area contributed by atoms with Crippen molar-refractivity contribution in [2.24, 2.45) is 0 Å². The lowest BCUT2D eigenvalue weighted by Gasteiger charge is -2.31. The second-order valence-electron chi connectivity index (χ2n) is 4.58. The summed E-state index contributed by atoms with van der Waals surface area (Å²) in [5.41, 5.74) is -0.298. The molecule has 8 heteroatoms. The van der Waals surface area contributed by atoms with Gasteiger partial charge >= 0.3 is 0 Å². The first-order valence-corrected chi connectivity index (χ1v) is 7.29. The Kier molecular flexibility index (Phi) is 7.83. The number of nitrogens with zero attached hydrogens (tertiary/aromatic N) is 1. The average molecular weight is 307 g/mol. The summed E-state index contributed by atoms with van der Waals surface area (Å²) in [5.74, 6) is -0.143. The molecule has 2 heterocycles. The number of alkyl halides is 1. The Morgan fingerprint density at radius 3 is 2.65 bits per heavy atom. The Morgan fingerprint density at radius 2 is 2.05 bits per heavy atom. The maximum atomic E-state index is 12.0. The summed E-state index contributed by atoms with van der Waals surface area (Å²) in [4.78, 5) is 25.3. The van der Waals surface area contributed by atoms with Gasteiger partial charge in [0.2, 0.25) is 11.8 Å². The first-order chi connectivity index (χ1) is 9.58. The molecular formula is C12H23ClN4O3. The maximum Gasteiger partial charge on any atom is 0.237 e. The van der Waals surface area contributed by atoms with Gasteiger partial charge in [-0.25, -0.2) is 0 Å². The Labute approximate surface area is 124 Å². The lowest BCUT2D eigenvalue weighted by atomic mass is 10.1. The second-order valence-corrected chi connectivity index (χ2v) is 5.11. The summed E-state index contributed by atoms with van der Waals surface area (Å²) in [6.45, 7) is 5.37. The van der Waals surface area contributed by atoms with Crippen LogP contribution in [-0.2, 0) is 9.59 Å². The van der Waals surface area contributed by atoms with E-state index < -0.39 is 6.04 Å². The van der Waals surface area contributed by atoms with Gasteiger partial charge in [0.15, 0.2) is 0 Å². The van der Waals surface area contributed by atoms with Crippen molar-refractivity contribution in [3.63, 3.8) is 0 Å². The van der Waals surface area contributed by atoms with Gasteiger partial charge < -0.3 is 20.6 Å². The summed E-state index contributed by atoms with van der Waals surface area (Å²) < 4.78 is 0. The molecule has 2 rings (SSSR count). The summed E-state index contributed by atoms with van der Waals surface area (Å²) in [6.07, 6.45) is 0.176. The van der Waals surface area contributed by atoms with Crippen molar-refractivity contribution in [2.75, 3.05) is 39.3 Å². The van der Waals surface area contributed by atoms with Crippen LogP contribution in [0.1, 0.15) is 13.3 Å². The smallest absolute Gasteiger partial charge is 0.237 e. The number of rotatable bonds is 2. The zero-order chi connectivity index (χ0) is 15.0. The van der Waals surface area contributed by atoms with E-state index >= 15 is 0 Å². The molecule has 0 aromatic rings. The molecule has 0 aliphatic carbocycles. The van der Waals surface area contributed by atoms with Crippen molar-refractivity contribution < 1.29 is 14.7 Å². The van der Waals surface area contributed by atoms with Crippen LogP contribution < -0.4 is 16.0 Å². The minimum absolute atomic E-state index is 0.00455. The van der Waals surface area contributed by atoms with Crippen LogP contribution in [0.3, 0.4) is 0 Å². The monoisotopic (exact) mass is 306 g/mol. The maximum absolute atomic E-state index is 12.0. The number of piperazine rings is 2. The highest BCUT2D eigenvalue weighted by molar-refractivity contribution is 6.21. The molecule has 0 saturated carbocycles. The van der Waals surface area contributed by atoms with E-state index in [2.05, 4.69) is 16.0 Å². The third kappa shape index (κ3) is 5.62. The van der Waals surface area contributed by atoms with Crippen LogP contribution in [0.5, 0.6) is 0 Å². The van der Waals surface area contributed by atoms with Crippen LogP contribution in [0.15, 0.2) is 0 Å². The fourth-order valence-corrected chi connectivity index (χ4v) is 2.27. The molecule has 0 spiro atoms. The van der Waals surface area contributed by atoms with E-state index in [9.17, 15) is 9.59 Å². The molecule has 2 fully saturated rings. The van der Waals surface area contributed by atoms with Gasteiger partial charge in [-0.05, 0) is 6.92 Å². The summed E-state index contributed by atoms with van der Waals surface area (Å²) >= 11 is 5.89. The topological polar surface area (TPSA) is 93.7 Å². The SMILES string of the molecule is CCO.O=C1NCC(Cl)NC1CC(=O)N1CCNCC1.